The molecule has 0 aromatic heterocycles. The van der Waals surface area contributed by atoms with Gasteiger partial charge < -0.3 is 5.11 Å². The predicted molar refractivity (Wildman–Crippen MR) is 71.3 cm³/mol. The molecule has 0 saturated heterocycles. The fourth-order valence-electron chi connectivity index (χ4n) is 1.51. The summed E-state index contributed by atoms with van der Waals surface area (Å²) in [6.45, 7) is 5.99. The van der Waals surface area contributed by atoms with Crippen LogP contribution in [0.25, 0.3) is 0 Å². The van der Waals surface area contributed by atoms with E-state index in [-0.39, 0.29) is 0 Å². The van der Waals surface area contributed by atoms with Crippen LogP contribution in [0.2, 0.25) is 0 Å². The normalized spacial score (nSPS) is 14.0. The van der Waals surface area contributed by atoms with Gasteiger partial charge in [0.05, 0.1) is 0 Å². The van der Waals surface area contributed by atoms with E-state index in [1.165, 1.54) is 44.9 Å². The highest BCUT2D eigenvalue weighted by Crippen LogP contribution is 2.09. The summed E-state index contributed by atoms with van der Waals surface area (Å²) >= 11 is 0. The molecule has 0 aliphatic heterocycles. The Bertz CT molecular complexity index is 207. The van der Waals surface area contributed by atoms with Crippen molar-refractivity contribution in [2.24, 2.45) is 0 Å². The largest absolute Gasteiger partial charge is 0.378 e. The van der Waals surface area contributed by atoms with Crippen LogP contribution in [0, 0.1) is 11.8 Å². The summed E-state index contributed by atoms with van der Waals surface area (Å²) in [5.74, 6) is 6.00. The minimum absolute atomic E-state index is 0.705. The van der Waals surface area contributed by atoms with E-state index in [0.717, 1.165) is 6.42 Å². The predicted octanol–water partition coefficient (Wildman–Crippen LogP) is 4.29. The van der Waals surface area contributed by atoms with Crippen molar-refractivity contribution < 1.29 is 5.11 Å². The highest BCUT2D eigenvalue weighted by atomic mass is 16.3. The van der Waals surface area contributed by atoms with E-state index in [4.69, 9.17) is 0 Å². The standard InChI is InChI=1S/C15H28O/c1-4-6-7-8-9-10-11-12-13-14-15(3,16)5-2/h16H,4-12H2,1-3H3. The fourth-order valence-corrected chi connectivity index (χ4v) is 1.51. The second kappa shape index (κ2) is 9.73. The Balaban J connectivity index is 3.33. The summed E-state index contributed by atoms with van der Waals surface area (Å²) in [6.07, 6.45) is 10.9. The van der Waals surface area contributed by atoms with E-state index >= 15 is 0 Å². The molecule has 1 atom stereocenters. The maximum Gasteiger partial charge on any atom is 0.122 e. The third-order valence-electron chi connectivity index (χ3n) is 2.95. The lowest BCUT2D eigenvalue weighted by molar-refractivity contribution is 0.118. The van der Waals surface area contributed by atoms with Crippen molar-refractivity contribution >= 4 is 0 Å². The molecule has 0 saturated carbocycles. The highest BCUT2D eigenvalue weighted by Gasteiger charge is 2.11. The van der Waals surface area contributed by atoms with Gasteiger partial charge in [-0.05, 0) is 19.8 Å². The lowest BCUT2D eigenvalue weighted by Gasteiger charge is -2.11. The van der Waals surface area contributed by atoms with E-state index in [9.17, 15) is 5.11 Å². The van der Waals surface area contributed by atoms with Gasteiger partial charge in [-0.2, -0.15) is 0 Å². The van der Waals surface area contributed by atoms with Gasteiger partial charge in [-0.1, -0.05) is 58.3 Å². The molecule has 1 unspecified atom stereocenters. The average Bonchev–Trinajstić information content (AvgIpc) is 2.27. The Kier molecular flexibility index (Phi) is 9.43. The van der Waals surface area contributed by atoms with Gasteiger partial charge in [0, 0.05) is 6.42 Å². The molecule has 0 spiro atoms. The molecule has 1 nitrogen and oxygen atoms in total. The molecule has 0 rings (SSSR count). The van der Waals surface area contributed by atoms with Crippen LogP contribution in [0.5, 0.6) is 0 Å². The van der Waals surface area contributed by atoms with E-state index in [0.29, 0.717) is 6.42 Å². The zero-order chi connectivity index (χ0) is 12.3. The number of rotatable bonds is 8. The second-order valence-electron chi connectivity index (χ2n) is 4.80. The molecule has 0 aromatic rings. The number of unbranched alkanes of at least 4 members (excludes halogenated alkanes) is 7. The van der Waals surface area contributed by atoms with E-state index in [1.54, 1.807) is 6.92 Å². The van der Waals surface area contributed by atoms with Crippen LogP contribution in [0.4, 0.5) is 0 Å². The second-order valence-corrected chi connectivity index (χ2v) is 4.80. The smallest absolute Gasteiger partial charge is 0.122 e. The Labute approximate surface area is 102 Å². The third kappa shape index (κ3) is 10.1. The lowest BCUT2D eigenvalue weighted by Crippen LogP contribution is -2.19. The molecule has 16 heavy (non-hydrogen) atoms. The Hall–Kier alpha value is -0.480. The van der Waals surface area contributed by atoms with Gasteiger partial charge in [-0.25, -0.2) is 0 Å². The minimum atomic E-state index is -0.777. The molecule has 1 N–H and O–H groups in total. The van der Waals surface area contributed by atoms with E-state index in [2.05, 4.69) is 18.8 Å². The van der Waals surface area contributed by atoms with E-state index < -0.39 is 5.60 Å². The van der Waals surface area contributed by atoms with Crippen molar-refractivity contribution in [1.82, 2.24) is 0 Å². The first-order valence-corrected chi connectivity index (χ1v) is 6.84. The monoisotopic (exact) mass is 224 g/mol. The minimum Gasteiger partial charge on any atom is -0.378 e. The van der Waals surface area contributed by atoms with Gasteiger partial charge in [-0.3, -0.25) is 0 Å². The molecule has 0 amide bonds. The van der Waals surface area contributed by atoms with Crippen molar-refractivity contribution in [1.29, 1.82) is 0 Å². The topological polar surface area (TPSA) is 20.2 Å². The number of hydrogen-bond acceptors (Lipinski definition) is 1. The number of aliphatic hydroxyl groups is 1. The van der Waals surface area contributed by atoms with Gasteiger partial charge in [0.25, 0.3) is 0 Å². The summed E-state index contributed by atoms with van der Waals surface area (Å²) in [5.41, 5.74) is -0.777. The first-order valence-electron chi connectivity index (χ1n) is 6.84. The van der Waals surface area contributed by atoms with Crippen molar-refractivity contribution in [2.45, 2.75) is 84.2 Å². The van der Waals surface area contributed by atoms with Crippen LogP contribution in [-0.4, -0.2) is 10.7 Å². The average molecular weight is 224 g/mol. The van der Waals surface area contributed by atoms with Crippen molar-refractivity contribution in [3.05, 3.63) is 0 Å². The molecule has 0 fully saturated rings. The summed E-state index contributed by atoms with van der Waals surface area (Å²) in [5, 5.41) is 9.65. The van der Waals surface area contributed by atoms with Crippen LogP contribution in [0.3, 0.4) is 0 Å². The zero-order valence-electron chi connectivity index (χ0n) is 11.3. The molecule has 0 aliphatic carbocycles. The third-order valence-corrected chi connectivity index (χ3v) is 2.95. The van der Waals surface area contributed by atoms with Crippen molar-refractivity contribution in [2.75, 3.05) is 0 Å². The molecule has 0 aliphatic rings. The van der Waals surface area contributed by atoms with Gasteiger partial charge >= 0.3 is 0 Å². The van der Waals surface area contributed by atoms with Gasteiger partial charge in [-0.15, -0.1) is 5.92 Å². The molecular formula is C15H28O. The Morgan fingerprint density at radius 3 is 2.06 bits per heavy atom. The first kappa shape index (κ1) is 15.5. The Morgan fingerprint density at radius 2 is 1.50 bits per heavy atom. The Morgan fingerprint density at radius 1 is 0.938 bits per heavy atom. The van der Waals surface area contributed by atoms with Gasteiger partial charge in [0.2, 0.25) is 0 Å². The van der Waals surface area contributed by atoms with E-state index in [1.807, 2.05) is 6.92 Å². The molecule has 0 heterocycles. The lowest BCUT2D eigenvalue weighted by atomic mass is 10.0. The van der Waals surface area contributed by atoms with Crippen LogP contribution >= 0.6 is 0 Å². The maximum atomic E-state index is 9.65. The number of hydrogen-bond donors (Lipinski definition) is 1. The molecule has 94 valence electrons. The van der Waals surface area contributed by atoms with Gasteiger partial charge in [0.1, 0.15) is 5.60 Å². The van der Waals surface area contributed by atoms with Crippen LogP contribution in [0.15, 0.2) is 0 Å². The summed E-state index contributed by atoms with van der Waals surface area (Å²) in [6, 6.07) is 0. The van der Waals surface area contributed by atoms with Crippen molar-refractivity contribution in [3.8, 4) is 11.8 Å². The summed E-state index contributed by atoms with van der Waals surface area (Å²) in [4.78, 5) is 0. The molecule has 0 aromatic carbocycles. The molecule has 1 heteroatoms. The molecular weight excluding hydrogens is 196 g/mol. The summed E-state index contributed by atoms with van der Waals surface area (Å²) < 4.78 is 0. The quantitative estimate of drug-likeness (QED) is 0.481. The zero-order valence-corrected chi connectivity index (χ0v) is 11.3. The highest BCUT2D eigenvalue weighted by molar-refractivity contribution is 5.11. The van der Waals surface area contributed by atoms with Crippen LogP contribution in [0.1, 0.15) is 78.6 Å². The SMILES string of the molecule is CCCCCCCCCC#CC(C)(O)CC. The van der Waals surface area contributed by atoms with Gasteiger partial charge in [0.15, 0.2) is 0 Å². The molecule has 0 radical (unpaired) electrons. The van der Waals surface area contributed by atoms with Crippen molar-refractivity contribution in [3.63, 3.8) is 0 Å². The van der Waals surface area contributed by atoms with Crippen LogP contribution < -0.4 is 0 Å². The molecule has 0 bridgehead atoms. The first-order chi connectivity index (χ1) is 7.62. The summed E-state index contributed by atoms with van der Waals surface area (Å²) in [7, 11) is 0. The maximum absolute atomic E-state index is 9.65. The fraction of sp³-hybridized carbons (Fsp3) is 0.867. The van der Waals surface area contributed by atoms with Crippen LogP contribution in [-0.2, 0) is 0 Å².